The monoisotopic (exact) mass is 438 g/mol. The van der Waals surface area contributed by atoms with Gasteiger partial charge in [0.1, 0.15) is 22.2 Å². The second-order valence-electron chi connectivity index (χ2n) is 7.13. The van der Waals surface area contributed by atoms with E-state index >= 15 is 0 Å². The number of aryl methyl sites for hydroxylation is 2. The number of ether oxygens (including phenoxy) is 2. The number of carbonyl (C=O) groups excluding carboxylic acids is 1. The van der Waals surface area contributed by atoms with Crippen molar-refractivity contribution in [2.75, 3.05) is 14.2 Å². The number of benzene rings is 1. The molecule has 0 amide bonds. The van der Waals surface area contributed by atoms with Crippen LogP contribution in [0.4, 0.5) is 0 Å². The molecule has 0 aliphatic rings. The molecular weight excluding hydrogens is 416 g/mol. The average Bonchev–Trinajstić information content (AvgIpc) is 3.35. The third kappa shape index (κ3) is 3.86. The van der Waals surface area contributed by atoms with Crippen LogP contribution in [0, 0.1) is 13.8 Å². The quantitative estimate of drug-likeness (QED) is 0.422. The Bertz CT molecular complexity index is 1330. The van der Waals surface area contributed by atoms with Gasteiger partial charge in [0.25, 0.3) is 5.56 Å². The summed E-state index contributed by atoms with van der Waals surface area (Å²) >= 11 is 1.51. The van der Waals surface area contributed by atoms with Crippen molar-refractivity contribution in [3.63, 3.8) is 0 Å². The fraction of sp³-hybridized carbons (Fsp3) is 0.261. The van der Waals surface area contributed by atoms with Gasteiger partial charge in [0.2, 0.25) is 5.76 Å². The topological polar surface area (TPSA) is 83.6 Å². The van der Waals surface area contributed by atoms with Gasteiger partial charge in [-0.1, -0.05) is 18.2 Å². The first-order valence-electron chi connectivity index (χ1n) is 9.71. The minimum atomic E-state index is -0.564. The van der Waals surface area contributed by atoms with Crippen LogP contribution in [0.2, 0.25) is 0 Å². The molecule has 0 atom stereocenters. The number of thiophene rings is 1. The molecule has 0 N–H and O–H groups in total. The number of aromatic nitrogens is 2. The van der Waals surface area contributed by atoms with Crippen molar-refractivity contribution < 1.29 is 18.7 Å². The first-order chi connectivity index (χ1) is 14.9. The van der Waals surface area contributed by atoms with Crippen molar-refractivity contribution >= 4 is 27.5 Å². The van der Waals surface area contributed by atoms with Crippen LogP contribution in [0.25, 0.3) is 10.2 Å². The Balaban J connectivity index is 1.85. The fourth-order valence-electron chi connectivity index (χ4n) is 3.52. The van der Waals surface area contributed by atoms with Crippen LogP contribution >= 0.6 is 11.3 Å². The molecule has 160 valence electrons. The van der Waals surface area contributed by atoms with Crippen LogP contribution in [-0.4, -0.2) is 29.7 Å². The zero-order chi connectivity index (χ0) is 22.1. The van der Waals surface area contributed by atoms with Crippen molar-refractivity contribution in [2.45, 2.75) is 26.8 Å². The summed E-state index contributed by atoms with van der Waals surface area (Å²) in [5.41, 5.74) is 1.72. The van der Waals surface area contributed by atoms with Crippen LogP contribution in [0.3, 0.4) is 0 Å². The normalized spacial score (nSPS) is 11.1. The molecule has 0 saturated carbocycles. The van der Waals surface area contributed by atoms with Crippen LogP contribution in [0.1, 0.15) is 38.1 Å². The lowest BCUT2D eigenvalue weighted by Crippen LogP contribution is -2.26. The van der Waals surface area contributed by atoms with Gasteiger partial charge in [0.05, 0.1) is 26.2 Å². The average molecular weight is 439 g/mol. The summed E-state index contributed by atoms with van der Waals surface area (Å²) in [7, 11) is 2.91. The van der Waals surface area contributed by atoms with E-state index in [1.54, 1.807) is 17.7 Å². The van der Waals surface area contributed by atoms with E-state index in [0.717, 1.165) is 26.6 Å². The smallest absolute Gasteiger partial charge is 0.373 e. The van der Waals surface area contributed by atoms with Gasteiger partial charge in [-0.15, -0.1) is 11.3 Å². The van der Waals surface area contributed by atoms with Gasteiger partial charge in [0, 0.05) is 16.9 Å². The highest BCUT2D eigenvalue weighted by Crippen LogP contribution is 2.28. The molecule has 0 aliphatic heterocycles. The van der Waals surface area contributed by atoms with Crippen LogP contribution < -0.4 is 10.3 Å². The predicted octanol–water partition coefficient (Wildman–Crippen LogP) is 4.10. The zero-order valence-corrected chi connectivity index (χ0v) is 18.5. The summed E-state index contributed by atoms with van der Waals surface area (Å²) in [6.07, 6.45) is 0.412. The maximum Gasteiger partial charge on any atom is 0.373 e. The van der Waals surface area contributed by atoms with Gasteiger partial charge >= 0.3 is 5.97 Å². The SMILES string of the molecule is COC(=O)c1ccc(Cn2c(Cc3ccccc3OC)nc3sc(C)c(C)c3c2=O)o1. The fourth-order valence-corrected chi connectivity index (χ4v) is 4.55. The molecule has 3 aromatic heterocycles. The van der Waals surface area contributed by atoms with E-state index in [0.29, 0.717) is 23.4 Å². The van der Waals surface area contributed by atoms with Crippen molar-refractivity contribution in [1.29, 1.82) is 0 Å². The lowest BCUT2D eigenvalue weighted by molar-refractivity contribution is 0.0563. The predicted molar refractivity (Wildman–Crippen MR) is 118 cm³/mol. The third-order valence-electron chi connectivity index (χ3n) is 5.27. The minimum absolute atomic E-state index is 0.0911. The third-order valence-corrected chi connectivity index (χ3v) is 6.37. The number of para-hydroxylation sites is 1. The molecule has 0 saturated heterocycles. The van der Waals surface area contributed by atoms with Crippen LogP contribution in [-0.2, 0) is 17.7 Å². The number of esters is 1. The Labute approximate surface area is 182 Å². The molecule has 3 heterocycles. The molecule has 4 rings (SSSR count). The number of hydrogen-bond acceptors (Lipinski definition) is 7. The lowest BCUT2D eigenvalue weighted by Gasteiger charge is -2.13. The highest BCUT2D eigenvalue weighted by Gasteiger charge is 2.19. The summed E-state index contributed by atoms with van der Waals surface area (Å²) in [6, 6.07) is 10.9. The van der Waals surface area contributed by atoms with Crippen LogP contribution in [0.5, 0.6) is 5.75 Å². The second kappa shape index (κ2) is 8.39. The molecule has 4 aromatic rings. The van der Waals surface area contributed by atoms with E-state index in [1.165, 1.54) is 24.5 Å². The number of carbonyl (C=O) groups is 1. The molecule has 1 aromatic carbocycles. The molecule has 0 radical (unpaired) electrons. The van der Waals surface area contributed by atoms with E-state index in [9.17, 15) is 9.59 Å². The molecule has 31 heavy (non-hydrogen) atoms. The van der Waals surface area contributed by atoms with Gasteiger partial charge < -0.3 is 13.9 Å². The number of nitrogens with zero attached hydrogens (tertiary/aromatic N) is 2. The van der Waals surface area contributed by atoms with Crippen molar-refractivity contribution in [2.24, 2.45) is 0 Å². The molecular formula is C23H22N2O5S. The van der Waals surface area contributed by atoms with Crippen molar-refractivity contribution in [3.05, 3.63) is 80.1 Å². The number of hydrogen-bond donors (Lipinski definition) is 0. The number of furan rings is 1. The molecule has 0 fully saturated rings. The molecule has 0 spiro atoms. The summed E-state index contributed by atoms with van der Waals surface area (Å²) in [4.78, 5) is 31.8. The van der Waals surface area contributed by atoms with E-state index in [2.05, 4.69) is 0 Å². The van der Waals surface area contributed by atoms with E-state index in [-0.39, 0.29) is 17.9 Å². The maximum atomic E-state index is 13.5. The largest absolute Gasteiger partial charge is 0.496 e. The van der Waals surface area contributed by atoms with Gasteiger partial charge in [-0.2, -0.15) is 0 Å². The summed E-state index contributed by atoms with van der Waals surface area (Å²) in [5.74, 6) is 1.32. The van der Waals surface area contributed by atoms with E-state index in [4.69, 9.17) is 18.9 Å². The molecule has 7 nitrogen and oxygen atoms in total. The highest BCUT2D eigenvalue weighted by atomic mass is 32.1. The summed E-state index contributed by atoms with van der Waals surface area (Å²) in [5, 5.41) is 0.617. The van der Waals surface area contributed by atoms with Gasteiger partial charge in [0.15, 0.2) is 0 Å². The van der Waals surface area contributed by atoms with Crippen LogP contribution in [0.15, 0.2) is 45.6 Å². The van der Waals surface area contributed by atoms with E-state index < -0.39 is 5.97 Å². The first kappa shape index (κ1) is 20.9. The Morgan fingerprint density at radius 1 is 1.16 bits per heavy atom. The Morgan fingerprint density at radius 2 is 1.94 bits per heavy atom. The summed E-state index contributed by atoms with van der Waals surface area (Å²) < 4.78 is 17.4. The number of rotatable bonds is 6. The second-order valence-corrected chi connectivity index (χ2v) is 8.33. The number of fused-ring (bicyclic) bond motifs is 1. The standard InChI is InChI=1S/C23H22N2O5S/c1-13-14(2)31-21-20(13)22(26)25(12-16-9-10-18(30-16)23(27)29-4)19(24-21)11-15-7-5-6-8-17(15)28-3/h5-10H,11-12H2,1-4H3. The first-order valence-corrected chi connectivity index (χ1v) is 10.5. The van der Waals surface area contributed by atoms with Crippen molar-refractivity contribution in [1.82, 2.24) is 9.55 Å². The van der Waals surface area contributed by atoms with Gasteiger partial charge in [-0.25, -0.2) is 9.78 Å². The summed E-state index contributed by atoms with van der Waals surface area (Å²) in [6.45, 7) is 4.07. The van der Waals surface area contributed by atoms with Crippen molar-refractivity contribution in [3.8, 4) is 5.75 Å². The Kier molecular flexibility index (Phi) is 5.65. The zero-order valence-electron chi connectivity index (χ0n) is 17.7. The molecule has 0 unspecified atom stereocenters. The molecule has 8 heteroatoms. The number of methoxy groups -OCH3 is 2. The molecule has 0 bridgehead atoms. The van der Waals surface area contributed by atoms with Gasteiger partial charge in [-0.05, 0) is 37.6 Å². The van der Waals surface area contributed by atoms with E-state index in [1.807, 2.05) is 38.1 Å². The highest BCUT2D eigenvalue weighted by molar-refractivity contribution is 7.18. The Hall–Kier alpha value is -3.39. The van der Waals surface area contributed by atoms with Gasteiger partial charge in [-0.3, -0.25) is 9.36 Å². The lowest BCUT2D eigenvalue weighted by atomic mass is 10.1. The maximum absolute atomic E-state index is 13.5. The Morgan fingerprint density at radius 3 is 2.68 bits per heavy atom. The molecule has 0 aliphatic carbocycles. The minimum Gasteiger partial charge on any atom is -0.496 e.